The second-order valence-corrected chi connectivity index (χ2v) is 5.97. The summed E-state index contributed by atoms with van der Waals surface area (Å²) in [6.45, 7) is 0.764. The summed E-state index contributed by atoms with van der Waals surface area (Å²) in [4.78, 5) is 25.7. The Morgan fingerprint density at radius 2 is 2.00 bits per heavy atom. The van der Waals surface area contributed by atoms with Crippen LogP contribution in [0.15, 0.2) is 57.7 Å². The third-order valence-electron chi connectivity index (χ3n) is 4.08. The van der Waals surface area contributed by atoms with Crippen LogP contribution in [0.3, 0.4) is 0 Å². The van der Waals surface area contributed by atoms with E-state index in [1.807, 2.05) is 12.1 Å². The van der Waals surface area contributed by atoms with Crippen LogP contribution in [-0.2, 0) is 17.9 Å². The Morgan fingerprint density at radius 1 is 1.20 bits per heavy atom. The molecule has 130 valence electrons. The molecule has 5 nitrogen and oxygen atoms in total. The van der Waals surface area contributed by atoms with Gasteiger partial charge in [0.05, 0.1) is 5.52 Å². The van der Waals surface area contributed by atoms with Gasteiger partial charge in [-0.2, -0.15) is 0 Å². The number of hydrogen-bond acceptors (Lipinski definition) is 3. The maximum atomic E-state index is 13.2. The van der Waals surface area contributed by atoms with Gasteiger partial charge in [-0.25, -0.2) is 9.18 Å². The summed E-state index contributed by atoms with van der Waals surface area (Å²) < 4.78 is 19.9. The molecular formula is C19H19FN2O3. The maximum absolute atomic E-state index is 13.2. The highest BCUT2D eigenvalue weighted by atomic mass is 19.1. The Bertz CT molecular complexity index is 945. The average Bonchev–Trinajstić information content (AvgIpc) is 2.90. The van der Waals surface area contributed by atoms with E-state index in [4.69, 9.17) is 4.42 Å². The van der Waals surface area contributed by atoms with Crippen LogP contribution in [0.25, 0.3) is 11.1 Å². The second-order valence-electron chi connectivity index (χ2n) is 5.97. The number of carbonyl (C=O) groups excluding carboxylic acids is 1. The van der Waals surface area contributed by atoms with Crippen molar-refractivity contribution >= 4 is 17.0 Å². The Hall–Kier alpha value is -2.89. The largest absolute Gasteiger partial charge is 0.419 e. The average molecular weight is 342 g/mol. The summed E-state index contributed by atoms with van der Waals surface area (Å²) in [6, 6.07) is 13.4. The van der Waals surface area contributed by atoms with Crippen LogP contribution in [0.4, 0.5) is 4.39 Å². The van der Waals surface area contributed by atoms with Crippen molar-refractivity contribution in [3.8, 4) is 0 Å². The minimum absolute atomic E-state index is 0.0508. The molecule has 0 aliphatic carbocycles. The van der Waals surface area contributed by atoms with Gasteiger partial charge in [0.1, 0.15) is 5.82 Å². The molecule has 25 heavy (non-hydrogen) atoms. The van der Waals surface area contributed by atoms with Gasteiger partial charge in [-0.05, 0) is 36.2 Å². The van der Waals surface area contributed by atoms with E-state index < -0.39 is 5.76 Å². The number of carbonyl (C=O) groups is 1. The van der Waals surface area contributed by atoms with E-state index in [9.17, 15) is 14.0 Å². The van der Waals surface area contributed by atoms with Crippen molar-refractivity contribution < 1.29 is 13.6 Å². The molecule has 0 atom stereocenters. The molecule has 1 aromatic heterocycles. The number of aryl methyl sites for hydroxylation is 1. The molecule has 3 aromatic rings. The van der Waals surface area contributed by atoms with Crippen LogP contribution in [-0.4, -0.2) is 22.4 Å². The van der Waals surface area contributed by atoms with Gasteiger partial charge < -0.3 is 9.32 Å². The number of hydrogen-bond donors (Lipinski definition) is 0. The molecule has 0 radical (unpaired) electrons. The molecule has 0 saturated carbocycles. The van der Waals surface area contributed by atoms with E-state index >= 15 is 0 Å². The van der Waals surface area contributed by atoms with Gasteiger partial charge >= 0.3 is 5.76 Å². The van der Waals surface area contributed by atoms with Gasteiger partial charge in [-0.3, -0.25) is 9.36 Å². The van der Waals surface area contributed by atoms with Gasteiger partial charge in [0, 0.05) is 26.6 Å². The zero-order chi connectivity index (χ0) is 17.8. The molecule has 0 fully saturated rings. The van der Waals surface area contributed by atoms with E-state index in [1.165, 1.54) is 16.7 Å². The normalized spacial score (nSPS) is 11.0. The van der Waals surface area contributed by atoms with Crippen LogP contribution in [0.5, 0.6) is 0 Å². The van der Waals surface area contributed by atoms with Crippen molar-refractivity contribution in [1.29, 1.82) is 0 Å². The Labute approximate surface area is 144 Å². The lowest BCUT2D eigenvalue weighted by Gasteiger charge is -2.17. The lowest BCUT2D eigenvalue weighted by atomic mass is 10.2. The fourth-order valence-electron chi connectivity index (χ4n) is 2.80. The summed E-state index contributed by atoms with van der Waals surface area (Å²) in [5, 5.41) is 0. The lowest BCUT2D eigenvalue weighted by Crippen LogP contribution is -2.26. The van der Waals surface area contributed by atoms with E-state index in [1.54, 1.807) is 36.2 Å². The van der Waals surface area contributed by atoms with Crippen molar-refractivity contribution in [2.75, 3.05) is 7.05 Å². The summed E-state index contributed by atoms with van der Waals surface area (Å²) in [6.07, 6.45) is 0.827. The zero-order valence-electron chi connectivity index (χ0n) is 13.9. The number of fused-ring (bicyclic) bond motifs is 1. The predicted molar refractivity (Wildman–Crippen MR) is 92.6 cm³/mol. The first-order valence-electron chi connectivity index (χ1n) is 8.11. The molecular weight excluding hydrogens is 323 g/mol. The summed E-state index contributed by atoms with van der Waals surface area (Å²) in [7, 11) is 1.69. The van der Waals surface area contributed by atoms with E-state index in [0.29, 0.717) is 31.5 Å². The molecule has 2 aromatic carbocycles. The zero-order valence-corrected chi connectivity index (χ0v) is 13.9. The molecule has 3 rings (SSSR count). The van der Waals surface area contributed by atoms with E-state index in [-0.39, 0.29) is 11.7 Å². The molecule has 0 saturated heterocycles. The fraction of sp³-hybridized carbons (Fsp3) is 0.263. The Balaban J connectivity index is 1.57. The first-order chi connectivity index (χ1) is 12.0. The van der Waals surface area contributed by atoms with Gasteiger partial charge in [0.15, 0.2) is 5.58 Å². The van der Waals surface area contributed by atoms with Gasteiger partial charge in [-0.1, -0.05) is 24.3 Å². The molecule has 0 spiro atoms. The van der Waals surface area contributed by atoms with Gasteiger partial charge in [0.25, 0.3) is 0 Å². The number of halogens is 1. The van der Waals surface area contributed by atoms with Gasteiger partial charge in [0.2, 0.25) is 5.91 Å². The minimum atomic E-state index is -0.415. The van der Waals surface area contributed by atoms with Crippen molar-refractivity contribution in [3.63, 3.8) is 0 Å². The number of rotatable bonds is 6. The van der Waals surface area contributed by atoms with Crippen LogP contribution in [0, 0.1) is 5.82 Å². The number of nitrogens with zero attached hydrogens (tertiary/aromatic N) is 2. The van der Waals surface area contributed by atoms with E-state index in [0.717, 1.165) is 11.1 Å². The van der Waals surface area contributed by atoms with Crippen LogP contribution >= 0.6 is 0 Å². The predicted octanol–water partition coefficient (Wildman–Crippen LogP) is 3.17. The van der Waals surface area contributed by atoms with Crippen molar-refractivity contribution in [2.45, 2.75) is 25.9 Å². The summed E-state index contributed by atoms with van der Waals surface area (Å²) >= 11 is 0. The quantitative estimate of drug-likeness (QED) is 0.691. The number of oxazole rings is 1. The first-order valence-corrected chi connectivity index (χ1v) is 8.11. The lowest BCUT2D eigenvalue weighted by molar-refractivity contribution is -0.130. The topological polar surface area (TPSA) is 55.5 Å². The standard InChI is InChI=1S/C19H19FN2O3/c1-21(13-14-6-4-7-15(20)12-14)18(23)10-5-11-22-16-8-2-3-9-17(16)25-19(22)24/h2-4,6-9,12H,5,10-11,13H2,1H3. The van der Waals surface area contributed by atoms with Crippen molar-refractivity contribution in [2.24, 2.45) is 0 Å². The SMILES string of the molecule is CN(Cc1cccc(F)c1)C(=O)CCCn1c(=O)oc2ccccc21. The molecule has 1 heterocycles. The maximum Gasteiger partial charge on any atom is 0.419 e. The molecule has 0 unspecified atom stereocenters. The monoisotopic (exact) mass is 342 g/mol. The van der Waals surface area contributed by atoms with Crippen LogP contribution in [0.2, 0.25) is 0 Å². The van der Waals surface area contributed by atoms with Crippen molar-refractivity contribution in [1.82, 2.24) is 9.47 Å². The smallest absolute Gasteiger partial charge is 0.408 e. The highest BCUT2D eigenvalue weighted by molar-refractivity contribution is 5.76. The third-order valence-corrected chi connectivity index (χ3v) is 4.08. The van der Waals surface area contributed by atoms with Crippen LogP contribution < -0.4 is 5.76 Å². The van der Waals surface area contributed by atoms with Gasteiger partial charge in [-0.15, -0.1) is 0 Å². The third kappa shape index (κ3) is 3.96. The minimum Gasteiger partial charge on any atom is -0.408 e. The molecule has 0 N–H and O–H groups in total. The highest BCUT2D eigenvalue weighted by Gasteiger charge is 2.12. The van der Waals surface area contributed by atoms with Crippen molar-refractivity contribution in [3.05, 3.63) is 70.5 Å². The molecule has 0 bridgehead atoms. The summed E-state index contributed by atoms with van der Waals surface area (Å²) in [5.41, 5.74) is 2.02. The second kappa shape index (κ2) is 7.34. The molecule has 6 heteroatoms. The molecule has 1 amide bonds. The number of amides is 1. The molecule has 0 aliphatic heterocycles. The number of benzene rings is 2. The number of para-hydroxylation sites is 2. The first kappa shape index (κ1) is 17.0. The summed E-state index contributed by atoms with van der Waals surface area (Å²) in [5.74, 6) is -0.781. The molecule has 0 aliphatic rings. The number of aromatic nitrogens is 1. The Morgan fingerprint density at radius 3 is 2.80 bits per heavy atom. The van der Waals surface area contributed by atoms with E-state index in [2.05, 4.69) is 0 Å². The van der Waals surface area contributed by atoms with Crippen LogP contribution in [0.1, 0.15) is 18.4 Å². The fourth-order valence-corrected chi connectivity index (χ4v) is 2.80. The Kier molecular flexibility index (Phi) is 4.97. The highest BCUT2D eigenvalue weighted by Crippen LogP contribution is 2.13.